The molecule has 0 fully saturated rings. The first-order valence-corrected chi connectivity index (χ1v) is 4.38. The lowest BCUT2D eigenvalue weighted by Crippen LogP contribution is -2.11. The van der Waals surface area contributed by atoms with Gasteiger partial charge in [-0.25, -0.2) is 0 Å². The van der Waals surface area contributed by atoms with Crippen LogP contribution in [0.5, 0.6) is 5.75 Å². The third kappa shape index (κ3) is 1.30. The van der Waals surface area contributed by atoms with Gasteiger partial charge in [0.05, 0.1) is 0 Å². The first-order valence-electron chi connectivity index (χ1n) is 4.38. The highest BCUT2D eigenvalue weighted by atomic mass is 16.3. The van der Waals surface area contributed by atoms with Gasteiger partial charge in [0.15, 0.2) is 0 Å². The smallest absolute Gasteiger partial charge is 0.120 e. The third-order valence-corrected chi connectivity index (χ3v) is 2.35. The SMILES string of the molecule is Oc1cccc2c1CNCCC2. The van der Waals surface area contributed by atoms with Crippen molar-refractivity contribution in [2.24, 2.45) is 0 Å². The van der Waals surface area contributed by atoms with Crippen molar-refractivity contribution in [3.05, 3.63) is 29.3 Å². The highest BCUT2D eigenvalue weighted by Gasteiger charge is 2.09. The molecule has 1 aromatic rings. The van der Waals surface area contributed by atoms with Crippen LogP contribution in [0.3, 0.4) is 0 Å². The number of aryl methyl sites for hydroxylation is 1. The monoisotopic (exact) mass is 163 g/mol. The predicted octanol–water partition coefficient (Wildman–Crippen LogP) is 1.43. The van der Waals surface area contributed by atoms with Crippen LogP contribution in [0.1, 0.15) is 17.5 Å². The Kier molecular flexibility index (Phi) is 2.00. The zero-order valence-electron chi connectivity index (χ0n) is 7.01. The topological polar surface area (TPSA) is 32.3 Å². The molecule has 0 amide bonds. The molecule has 1 aliphatic rings. The van der Waals surface area contributed by atoms with Gasteiger partial charge in [-0.1, -0.05) is 12.1 Å². The molecule has 1 aliphatic heterocycles. The zero-order chi connectivity index (χ0) is 8.39. The van der Waals surface area contributed by atoms with Crippen molar-refractivity contribution in [2.45, 2.75) is 19.4 Å². The van der Waals surface area contributed by atoms with E-state index in [-0.39, 0.29) is 0 Å². The summed E-state index contributed by atoms with van der Waals surface area (Å²) in [4.78, 5) is 0. The molecule has 0 saturated carbocycles. The molecule has 0 atom stereocenters. The zero-order valence-corrected chi connectivity index (χ0v) is 7.01. The maximum atomic E-state index is 9.54. The molecular weight excluding hydrogens is 150 g/mol. The molecule has 0 spiro atoms. The summed E-state index contributed by atoms with van der Waals surface area (Å²) < 4.78 is 0. The van der Waals surface area contributed by atoms with E-state index in [9.17, 15) is 5.11 Å². The Hall–Kier alpha value is -1.02. The Morgan fingerprint density at radius 3 is 3.17 bits per heavy atom. The second-order valence-electron chi connectivity index (χ2n) is 3.20. The molecule has 0 aromatic heterocycles. The van der Waals surface area contributed by atoms with Gasteiger partial charge in [0.25, 0.3) is 0 Å². The van der Waals surface area contributed by atoms with E-state index in [1.807, 2.05) is 6.07 Å². The van der Waals surface area contributed by atoms with E-state index in [4.69, 9.17) is 0 Å². The fourth-order valence-corrected chi connectivity index (χ4v) is 1.68. The van der Waals surface area contributed by atoms with E-state index >= 15 is 0 Å². The molecule has 2 heteroatoms. The van der Waals surface area contributed by atoms with Crippen LogP contribution in [-0.4, -0.2) is 11.7 Å². The number of hydrogen-bond acceptors (Lipinski definition) is 2. The van der Waals surface area contributed by atoms with Gasteiger partial charge in [0, 0.05) is 12.1 Å². The molecular formula is C10H13NO. The van der Waals surface area contributed by atoms with Gasteiger partial charge in [-0.05, 0) is 31.0 Å². The van der Waals surface area contributed by atoms with Crippen molar-refractivity contribution in [3.63, 3.8) is 0 Å². The minimum Gasteiger partial charge on any atom is -0.508 e. The van der Waals surface area contributed by atoms with E-state index in [0.29, 0.717) is 5.75 Å². The van der Waals surface area contributed by atoms with Gasteiger partial charge in [-0.15, -0.1) is 0 Å². The highest BCUT2D eigenvalue weighted by molar-refractivity contribution is 5.39. The van der Waals surface area contributed by atoms with Gasteiger partial charge < -0.3 is 10.4 Å². The molecule has 1 heterocycles. The largest absolute Gasteiger partial charge is 0.508 e. The van der Waals surface area contributed by atoms with Crippen molar-refractivity contribution >= 4 is 0 Å². The van der Waals surface area contributed by atoms with E-state index in [0.717, 1.165) is 31.5 Å². The minimum absolute atomic E-state index is 0.432. The Morgan fingerprint density at radius 2 is 2.25 bits per heavy atom. The number of hydrogen-bond donors (Lipinski definition) is 2. The fourth-order valence-electron chi connectivity index (χ4n) is 1.68. The standard InChI is InChI=1S/C10H13NO/c12-10-5-1-3-8-4-2-6-11-7-9(8)10/h1,3,5,11-12H,2,4,6-7H2. The van der Waals surface area contributed by atoms with Crippen molar-refractivity contribution in [1.82, 2.24) is 5.32 Å². The van der Waals surface area contributed by atoms with Gasteiger partial charge in [0.1, 0.15) is 5.75 Å². The maximum absolute atomic E-state index is 9.54. The average molecular weight is 163 g/mol. The number of benzene rings is 1. The second-order valence-corrected chi connectivity index (χ2v) is 3.20. The van der Waals surface area contributed by atoms with Crippen LogP contribution in [0.4, 0.5) is 0 Å². The lowest BCUT2D eigenvalue weighted by atomic mass is 10.0. The molecule has 2 rings (SSSR count). The summed E-state index contributed by atoms with van der Waals surface area (Å²) in [6, 6.07) is 5.77. The quantitative estimate of drug-likeness (QED) is 0.606. The molecule has 12 heavy (non-hydrogen) atoms. The van der Waals surface area contributed by atoms with Crippen LogP contribution in [0.25, 0.3) is 0 Å². The Labute approximate surface area is 72.2 Å². The minimum atomic E-state index is 0.432. The van der Waals surface area contributed by atoms with Crippen LogP contribution in [0, 0.1) is 0 Å². The Morgan fingerprint density at radius 1 is 1.33 bits per heavy atom. The Balaban J connectivity index is 2.42. The number of nitrogens with one attached hydrogen (secondary N) is 1. The lowest BCUT2D eigenvalue weighted by molar-refractivity contribution is 0.465. The number of phenols is 1. The molecule has 0 aliphatic carbocycles. The van der Waals surface area contributed by atoms with Gasteiger partial charge >= 0.3 is 0 Å². The van der Waals surface area contributed by atoms with Crippen molar-refractivity contribution in [1.29, 1.82) is 0 Å². The van der Waals surface area contributed by atoms with Crippen LogP contribution >= 0.6 is 0 Å². The van der Waals surface area contributed by atoms with Gasteiger partial charge in [-0.2, -0.15) is 0 Å². The molecule has 2 N–H and O–H groups in total. The summed E-state index contributed by atoms with van der Waals surface area (Å²) >= 11 is 0. The van der Waals surface area contributed by atoms with Crippen molar-refractivity contribution < 1.29 is 5.11 Å². The lowest BCUT2D eigenvalue weighted by Gasteiger charge is -2.06. The van der Waals surface area contributed by atoms with Gasteiger partial charge in [0.2, 0.25) is 0 Å². The molecule has 0 bridgehead atoms. The second kappa shape index (κ2) is 3.15. The summed E-state index contributed by atoms with van der Waals surface area (Å²) in [5, 5.41) is 12.8. The number of phenolic OH excluding ortho intramolecular Hbond substituents is 1. The molecule has 1 aromatic carbocycles. The molecule has 0 saturated heterocycles. The first kappa shape index (κ1) is 7.62. The summed E-state index contributed by atoms with van der Waals surface area (Å²) in [7, 11) is 0. The fraction of sp³-hybridized carbons (Fsp3) is 0.400. The first-order chi connectivity index (χ1) is 5.88. The van der Waals surface area contributed by atoms with Crippen LogP contribution in [0.2, 0.25) is 0 Å². The summed E-state index contributed by atoms with van der Waals surface area (Å²) in [5.74, 6) is 0.432. The van der Waals surface area contributed by atoms with Crippen LogP contribution in [-0.2, 0) is 13.0 Å². The normalized spacial score (nSPS) is 16.7. The van der Waals surface area contributed by atoms with E-state index < -0.39 is 0 Å². The highest BCUT2D eigenvalue weighted by Crippen LogP contribution is 2.23. The summed E-state index contributed by atoms with van der Waals surface area (Å²) in [5.41, 5.74) is 2.37. The molecule has 64 valence electrons. The Bertz CT molecular complexity index is 283. The van der Waals surface area contributed by atoms with E-state index in [1.165, 1.54) is 5.56 Å². The van der Waals surface area contributed by atoms with E-state index in [2.05, 4.69) is 11.4 Å². The van der Waals surface area contributed by atoms with Crippen molar-refractivity contribution in [3.8, 4) is 5.75 Å². The van der Waals surface area contributed by atoms with Crippen molar-refractivity contribution in [2.75, 3.05) is 6.54 Å². The summed E-state index contributed by atoms with van der Waals surface area (Å²) in [6.45, 7) is 1.86. The molecule has 0 unspecified atom stereocenters. The van der Waals surface area contributed by atoms with E-state index in [1.54, 1.807) is 6.07 Å². The summed E-state index contributed by atoms with van der Waals surface area (Å²) in [6.07, 6.45) is 2.24. The van der Waals surface area contributed by atoms with Crippen LogP contribution in [0.15, 0.2) is 18.2 Å². The van der Waals surface area contributed by atoms with Gasteiger partial charge in [-0.3, -0.25) is 0 Å². The van der Waals surface area contributed by atoms with Crippen LogP contribution < -0.4 is 5.32 Å². The average Bonchev–Trinajstić information content (AvgIpc) is 2.30. The maximum Gasteiger partial charge on any atom is 0.120 e. The number of rotatable bonds is 0. The number of fused-ring (bicyclic) bond motifs is 1. The molecule has 0 radical (unpaired) electrons. The molecule has 2 nitrogen and oxygen atoms in total. The number of aromatic hydroxyl groups is 1. The third-order valence-electron chi connectivity index (χ3n) is 2.35. The predicted molar refractivity (Wildman–Crippen MR) is 48.1 cm³/mol.